The second kappa shape index (κ2) is 9.83. The van der Waals surface area contributed by atoms with Crippen molar-refractivity contribution in [1.82, 2.24) is 14.8 Å². The lowest BCUT2D eigenvalue weighted by Crippen LogP contribution is -2.16. The van der Waals surface area contributed by atoms with Crippen molar-refractivity contribution in [3.8, 4) is 17.1 Å². The van der Waals surface area contributed by atoms with Gasteiger partial charge in [0.2, 0.25) is 5.91 Å². The zero-order valence-electron chi connectivity index (χ0n) is 18.4. The largest absolute Gasteiger partial charge is 0.325 e. The summed E-state index contributed by atoms with van der Waals surface area (Å²) in [4.78, 5) is 12.7. The van der Waals surface area contributed by atoms with Gasteiger partial charge in [-0.1, -0.05) is 91.8 Å². The maximum Gasteiger partial charge on any atom is 0.234 e. The van der Waals surface area contributed by atoms with Gasteiger partial charge in [-0.25, -0.2) is 0 Å². The monoisotopic (exact) mass is 442 g/mol. The van der Waals surface area contributed by atoms with Crippen molar-refractivity contribution in [2.75, 3.05) is 11.1 Å². The van der Waals surface area contributed by atoms with Crippen molar-refractivity contribution >= 4 is 23.4 Å². The van der Waals surface area contributed by atoms with E-state index in [4.69, 9.17) is 0 Å². The topological polar surface area (TPSA) is 59.8 Å². The van der Waals surface area contributed by atoms with E-state index in [0.29, 0.717) is 11.1 Å². The predicted molar refractivity (Wildman–Crippen MR) is 131 cm³/mol. The van der Waals surface area contributed by atoms with Gasteiger partial charge in [-0.05, 0) is 36.6 Å². The first-order chi connectivity index (χ1) is 15.5. The summed E-state index contributed by atoms with van der Waals surface area (Å²) in [5.41, 5.74) is 5.11. The number of carbonyl (C=O) groups excluding carboxylic acids is 1. The van der Waals surface area contributed by atoms with Crippen LogP contribution < -0.4 is 5.32 Å². The highest BCUT2D eigenvalue weighted by Crippen LogP contribution is 2.29. The molecule has 0 radical (unpaired) electrons. The first-order valence-corrected chi connectivity index (χ1v) is 11.6. The summed E-state index contributed by atoms with van der Waals surface area (Å²) in [6.45, 7) is 6.30. The molecule has 0 aliphatic rings. The Hall–Kier alpha value is -3.38. The van der Waals surface area contributed by atoms with Crippen molar-refractivity contribution in [2.45, 2.75) is 31.8 Å². The van der Waals surface area contributed by atoms with Crippen LogP contribution in [0.1, 0.15) is 30.9 Å². The molecule has 0 aliphatic carbocycles. The van der Waals surface area contributed by atoms with Crippen LogP contribution in [0.3, 0.4) is 0 Å². The van der Waals surface area contributed by atoms with E-state index in [1.165, 1.54) is 17.3 Å². The van der Waals surface area contributed by atoms with Gasteiger partial charge in [-0.3, -0.25) is 9.36 Å². The molecule has 0 fully saturated rings. The molecule has 0 saturated carbocycles. The maximum atomic E-state index is 12.7. The maximum absolute atomic E-state index is 12.7. The van der Waals surface area contributed by atoms with Gasteiger partial charge < -0.3 is 5.32 Å². The van der Waals surface area contributed by atoms with E-state index in [2.05, 4.69) is 48.4 Å². The summed E-state index contributed by atoms with van der Waals surface area (Å²) < 4.78 is 2.01. The molecule has 1 N–H and O–H groups in total. The highest BCUT2D eigenvalue weighted by Gasteiger charge is 2.18. The molecule has 1 aromatic heterocycles. The summed E-state index contributed by atoms with van der Waals surface area (Å²) in [6, 6.07) is 26.1. The first-order valence-electron chi connectivity index (χ1n) is 10.6. The lowest BCUT2D eigenvalue weighted by molar-refractivity contribution is -0.113. The molecule has 1 heterocycles. The zero-order chi connectivity index (χ0) is 22.5. The molecule has 0 atom stereocenters. The third-order valence-corrected chi connectivity index (χ3v) is 6.08. The summed E-state index contributed by atoms with van der Waals surface area (Å²) in [7, 11) is 0. The number of nitrogens with zero attached hydrogens (tertiary/aromatic N) is 3. The van der Waals surface area contributed by atoms with E-state index in [-0.39, 0.29) is 11.7 Å². The molecule has 0 unspecified atom stereocenters. The van der Waals surface area contributed by atoms with Crippen molar-refractivity contribution in [3.05, 3.63) is 90.0 Å². The third kappa shape index (κ3) is 4.92. The van der Waals surface area contributed by atoms with E-state index >= 15 is 0 Å². The summed E-state index contributed by atoms with van der Waals surface area (Å²) in [6.07, 6.45) is 0. The van der Waals surface area contributed by atoms with Crippen LogP contribution in [0.5, 0.6) is 0 Å². The van der Waals surface area contributed by atoms with Crippen LogP contribution in [0, 0.1) is 6.92 Å². The predicted octanol–water partition coefficient (Wildman–Crippen LogP) is 6.10. The van der Waals surface area contributed by atoms with Crippen LogP contribution in [-0.4, -0.2) is 26.4 Å². The zero-order valence-corrected chi connectivity index (χ0v) is 19.3. The van der Waals surface area contributed by atoms with Gasteiger partial charge in [-0.15, -0.1) is 10.2 Å². The molecule has 4 aromatic rings. The molecule has 0 saturated heterocycles. The molecular formula is C26H26N4OS. The van der Waals surface area contributed by atoms with Crippen LogP contribution >= 0.6 is 11.8 Å². The van der Waals surface area contributed by atoms with Gasteiger partial charge in [-0.2, -0.15) is 0 Å². The Morgan fingerprint density at radius 2 is 1.62 bits per heavy atom. The summed E-state index contributed by atoms with van der Waals surface area (Å²) in [5, 5.41) is 12.6. The number of para-hydroxylation sites is 1. The highest BCUT2D eigenvalue weighted by molar-refractivity contribution is 7.99. The lowest BCUT2D eigenvalue weighted by Gasteiger charge is -2.14. The molecule has 0 spiro atoms. The number of carbonyl (C=O) groups is 1. The van der Waals surface area contributed by atoms with Gasteiger partial charge in [0, 0.05) is 16.9 Å². The number of anilines is 1. The Morgan fingerprint density at radius 1 is 0.938 bits per heavy atom. The van der Waals surface area contributed by atoms with E-state index < -0.39 is 0 Å². The van der Waals surface area contributed by atoms with Crippen LogP contribution in [0.15, 0.2) is 84.0 Å². The van der Waals surface area contributed by atoms with Crippen LogP contribution in [0.25, 0.3) is 17.1 Å². The Bertz CT molecular complexity index is 1200. The van der Waals surface area contributed by atoms with Gasteiger partial charge in [0.1, 0.15) is 0 Å². The summed E-state index contributed by atoms with van der Waals surface area (Å²) in [5.74, 6) is 1.26. The summed E-state index contributed by atoms with van der Waals surface area (Å²) >= 11 is 1.38. The number of amides is 1. The highest BCUT2D eigenvalue weighted by atomic mass is 32.2. The average molecular weight is 443 g/mol. The standard InChI is InChI=1S/C26H26N4OS/c1-18(2)22-11-7-8-12-23(22)27-24(31)17-32-26-29-28-25(20-9-5-4-6-10-20)30(26)21-15-13-19(3)14-16-21/h4-16,18H,17H2,1-3H3,(H,27,31). The minimum atomic E-state index is -0.0668. The van der Waals surface area contributed by atoms with Crippen molar-refractivity contribution < 1.29 is 4.79 Å². The molecular weight excluding hydrogens is 416 g/mol. The molecule has 3 aromatic carbocycles. The lowest BCUT2D eigenvalue weighted by atomic mass is 10.0. The Labute approximate surface area is 192 Å². The molecule has 162 valence electrons. The van der Waals surface area contributed by atoms with Gasteiger partial charge in [0.25, 0.3) is 0 Å². The number of hydrogen-bond donors (Lipinski definition) is 1. The molecule has 32 heavy (non-hydrogen) atoms. The third-order valence-electron chi connectivity index (χ3n) is 5.15. The normalized spacial score (nSPS) is 11.0. The Balaban J connectivity index is 1.58. The minimum absolute atomic E-state index is 0.0668. The van der Waals surface area contributed by atoms with E-state index in [1.54, 1.807) is 0 Å². The number of nitrogens with one attached hydrogen (secondary N) is 1. The molecule has 5 nitrogen and oxygen atoms in total. The molecule has 1 amide bonds. The number of benzene rings is 3. The van der Waals surface area contributed by atoms with Crippen LogP contribution in [0.4, 0.5) is 5.69 Å². The van der Waals surface area contributed by atoms with E-state index in [1.807, 2.05) is 71.3 Å². The van der Waals surface area contributed by atoms with E-state index in [9.17, 15) is 4.79 Å². The van der Waals surface area contributed by atoms with Crippen LogP contribution in [0.2, 0.25) is 0 Å². The fourth-order valence-corrected chi connectivity index (χ4v) is 4.25. The SMILES string of the molecule is Cc1ccc(-n2c(SCC(=O)Nc3ccccc3C(C)C)nnc2-c2ccccc2)cc1. The Kier molecular flexibility index (Phi) is 6.71. The number of thioether (sulfide) groups is 1. The quantitative estimate of drug-likeness (QED) is 0.352. The molecule has 0 aliphatic heterocycles. The number of aromatic nitrogens is 3. The second-order valence-corrected chi connectivity index (χ2v) is 8.86. The van der Waals surface area contributed by atoms with Gasteiger partial charge in [0.05, 0.1) is 5.75 Å². The van der Waals surface area contributed by atoms with Gasteiger partial charge in [0.15, 0.2) is 11.0 Å². The fourth-order valence-electron chi connectivity index (χ4n) is 3.49. The average Bonchev–Trinajstić information content (AvgIpc) is 3.23. The number of aryl methyl sites for hydroxylation is 1. The second-order valence-electron chi connectivity index (χ2n) is 7.92. The van der Waals surface area contributed by atoms with E-state index in [0.717, 1.165) is 28.3 Å². The van der Waals surface area contributed by atoms with Crippen molar-refractivity contribution in [3.63, 3.8) is 0 Å². The number of rotatable bonds is 7. The van der Waals surface area contributed by atoms with Crippen molar-refractivity contribution in [1.29, 1.82) is 0 Å². The fraction of sp³-hybridized carbons (Fsp3) is 0.192. The number of hydrogen-bond acceptors (Lipinski definition) is 4. The molecule has 0 bridgehead atoms. The first kappa shape index (κ1) is 21.8. The van der Waals surface area contributed by atoms with Crippen LogP contribution in [-0.2, 0) is 4.79 Å². The molecule has 6 heteroatoms. The minimum Gasteiger partial charge on any atom is -0.325 e. The Morgan fingerprint density at radius 3 is 2.34 bits per heavy atom. The molecule has 4 rings (SSSR count). The van der Waals surface area contributed by atoms with Gasteiger partial charge >= 0.3 is 0 Å². The smallest absolute Gasteiger partial charge is 0.234 e. The van der Waals surface area contributed by atoms with Crippen molar-refractivity contribution in [2.24, 2.45) is 0 Å².